The minimum absolute atomic E-state index is 0.0778. The van der Waals surface area contributed by atoms with Gasteiger partial charge < -0.3 is 20.1 Å². The maximum atomic E-state index is 13.6. The van der Waals surface area contributed by atoms with Crippen molar-refractivity contribution in [2.75, 3.05) is 7.11 Å². The summed E-state index contributed by atoms with van der Waals surface area (Å²) in [5.41, 5.74) is 1.51. The Morgan fingerprint density at radius 2 is 2.04 bits per heavy atom. The summed E-state index contributed by atoms with van der Waals surface area (Å²) in [6.45, 7) is 0.135. The van der Waals surface area contributed by atoms with Crippen LogP contribution in [0.2, 0.25) is 0 Å². The summed E-state index contributed by atoms with van der Waals surface area (Å²) in [6, 6.07) is 12.6. The maximum absolute atomic E-state index is 13.6. The molecule has 1 saturated heterocycles. The lowest BCUT2D eigenvalue weighted by Gasteiger charge is -2.21. The molecule has 2 aromatic rings. The Bertz CT molecular complexity index is 797. The summed E-state index contributed by atoms with van der Waals surface area (Å²) in [5.74, 6) is -0.618. The first-order valence-corrected chi connectivity index (χ1v) is 8.17. The molecule has 1 aliphatic heterocycles. The number of alkyl carbamates (subject to hydrolysis) is 1. The highest BCUT2D eigenvalue weighted by Gasteiger charge is 2.35. The number of rotatable bonds is 5. The van der Waals surface area contributed by atoms with E-state index >= 15 is 0 Å². The smallest absolute Gasteiger partial charge is 0.407 e. The van der Waals surface area contributed by atoms with Gasteiger partial charge in [-0.1, -0.05) is 36.4 Å². The number of nitrogens with one attached hydrogen (secondary N) is 2. The lowest BCUT2D eigenvalue weighted by Crippen LogP contribution is -2.38. The molecule has 2 amide bonds. The van der Waals surface area contributed by atoms with Gasteiger partial charge in [0.25, 0.3) is 0 Å². The lowest BCUT2D eigenvalue weighted by atomic mass is 10.0. The average Bonchev–Trinajstić information content (AvgIpc) is 3.01. The highest BCUT2D eigenvalue weighted by Crippen LogP contribution is 2.28. The molecule has 2 aromatic carbocycles. The highest BCUT2D eigenvalue weighted by molar-refractivity contribution is 5.81. The van der Waals surface area contributed by atoms with E-state index in [1.54, 1.807) is 6.07 Å². The number of amides is 2. The molecule has 0 radical (unpaired) electrons. The first-order valence-electron chi connectivity index (χ1n) is 8.17. The lowest BCUT2D eigenvalue weighted by molar-refractivity contribution is -0.119. The number of methoxy groups -OCH3 is 1. The zero-order chi connectivity index (χ0) is 18.5. The molecule has 1 aliphatic rings. The van der Waals surface area contributed by atoms with Crippen LogP contribution in [0, 0.1) is 5.82 Å². The van der Waals surface area contributed by atoms with Crippen LogP contribution < -0.4 is 15.4 Å². The Morgan fingerprint density at radius 1 is 1.27 bits per heavy atom. The molecule has 1 fully saturated rings. The maximum Gasteiger partial charge on any atom is 0.407 e. The van der Waals surface area contributed by atoms with E-state index in [1.165, 1.54) is 19.2 Å². The fraction of sp³-hybridized carbons (Fsp3) is 0.263. The molecule has 6 nitrogen and oxygen atoms in total. The number of halogens is 1. The summed E-state index contributed by atoms with van der Waals surface area (Å²) in [7, 11) is 1.37. The average molecular weight is 358 g/mol. The van der Waals surface area contributed by atoms with Gasteiger partial charge in [-0.05, 0) is 23.3 Å². The fourth-order valence-electron chi connectivity index (χ4n) is 2.89. The van der Waals surface area contributed by atoms with Crippen LogP contribution in [-0.4, -0.2) is 25.2 Å². The normalized spacial score (nSPS) is 18.9. The van der Waals surface area contributed by atoms with Gasteiger partial charge in [0.05, 0.1) is 19.2 Å². The summed E-state index contributed by atoms with van der Waals surface area (Å²) in [5, 5.41) is 5.48. The summed E-state index contributed by atoms with van der Waals surface area (Å²) in [4.78, 5) is 23.9. The second-order valence-corrected chi connectivity index (χ2v) is 5.96. The zero-order valence-corrected chi connectivity index (χ0v) is 14.2. The molecular formula is C19H19FN2O4. The van der Waals surface area contributed by atoms with E-state index in [1.807, 2.05) is 30.3 Å². The van der Waals surface area contributed by atoms with Crippen molar-refractivity contribution in [3.63, 3.8) is 0 Å². The topological polar surface area (TPSA) is 76.7 Å². The number of hydrogen-bond donors (Lipinski definition) is 2. The quantitative estimate of drug-likeness (QED) is 0.862. The van der Waals surface area contributed by atoms with Crippen LogP contribution in [0.1, 0.15) is 23.6 Å². The van der Waals surface area contributed by atoms with Gasteiger partial charge in [-0.3, -0.25) is 4.79 Å². The molecule has 0 aromatic heterocycles. The number of carbonyl (C=O) groups excluding carboxylic acids is 2. The molecule has 7 heteroatoms. The van der Waals surface area contributed by atoms with E-state index in [4.69, 9.17) is 9.47 Å². The second kappa shape index (κ2) is 7.86. The molecule has 0 aliphatic carbocycles. The first-order chi connectivity index (χ1) is 12.6. The summed E-state index contributed by atoms with van der Waals surface area (Å²) in [6.07, 6.45) is -0.500. The Hall–Kier alpha value is -3.09. The van der Waals surface area contributed by atoms with Gasteiger partial charge in [0.1, 0.15) is 6.61 Å². The van der Waals surface area contributed by atoms with Crippen molar-refractivity contribution in [2.45, 2.75) is 25.1 Å². The van der Waals surface area contributed by atoms with Gasteiger partial charge in [-0.2, -0.15) is 0 Å². The Morgan fingerprint density at radius 3 is 2.77 bits per heavy atom. The molecule has 26 heavy (non-hydrogen) atoms. The number of benzene rings is 2. The molecule has 3 rings (SSSR count). The molecule has 136 valence electrons. The van der Waals surface area contributed by atoms with Gasteiger partial charge >= 0.3 is 6.09 Å². The van der Waals surface area contributed by atoms with Gasteiger partial charge in [-0.25, -0.2) is 9.18 Å². The summed E-state index contributed by atoms with van der Waals surface area (Å²) >= 11 is 0. The standard InChI is InChI=1S/C19H19FN2O4/c1-25-16-9-13(7-8-14(16)20)18-15(10-17(23)22-18)21-19(24)26-11-12-5-3-2-4-6-12/h2-9,15,18H,10-11H2,1H3,(H,21,24)(H,22,23)/t15-,18+/m1/s1. The van der Waals surface area contributed by atoms with E-state index in [0.717, 1.165) is 5.56 Å². The second-order valence-electron chi connectivity index (χ2n) is 5.96. The zero-order valence-electron chi connectivity index (χ0n) is 14.2. The Kier molecular flexibility index (Phi) is 5.36. The van der Waals surface area contributed by atoms with Gasteiger partial charge in [0.2, 0.25) is 5.91 Å². The predicted molar refractivity (Wildman–Crippen MR) is 92.0 cm³/mol. The van der Waals surface area contributed by atoms with E-state index < -0.39 is 24.0 Å². The van der Waals surface area contributed by atoms with E-state index in [-0.39, 0.29) is 24.7 Å². The van der Waals surface area contributed by atoms with Crippen LogP contribution in [0.5, 0.6) is 5.75 Å². The minimum Gasteiger partial charge on any atom is -0.494 e. The van der Waals surface area contributed by atoms with Crippen molar-refractivity contribution in [2.24, 2.45) is 0 Å². The number of ether oxygens (including phenoxy) is 2. The van der Waals surface area contributed by atoms with Crippen molar-refractivity contribution in [3.8, 4) is 5.75 Å². The molecule has 2 N–H and O–H groups in total. The van der Waals surface area contributed by atoms with Crippen LogP contribution in [0.3, 0.4) is 0 Å². The van der Waals surface area contributed by atoms with E-state index in [0.29, 0.717) is 5.56 Å². The van der Waals surface area contributed by atoms with E-state index in [9.17, 15) is 14.0 Å². The number of hydrogen-bond acceptors (Lipinski definition) is 4. The van der Waals surface area contributed by atoms with Gasteiger partial charge in [0, 0.05) is 6.42 Å². The van der Waals surface area contributed by atoms with Gasteiger partial charge in [0.15, 0.2) is 11.6 Å². The van der Waals surface area contributed by atoms with Gasteiger partial charge in [-0.15, -0.1) is 0 Å². The fourth-order valence-corrected chi connectivity index (χ4v) is 2.89. The third kappa shape index (κ3) is 4.11. The third-order valence-corrected chi connectivity index (χ3v) is 4.17. The molecule has 2 atom stereocenters. The predicted octanol–water partition coefficient (Wildman–Crippen LogP) is 2.69. The molecule has 0 bridgehead atoms. The summed E-state index contributed by atoms with van der Waals surface area (Å²) < 4.78 is 23.8. The first kappa shape index (κ1) is 17.7. The van der Waals surface area contributed by atoms with Crippen LogP contribution in [0.4, 0.5) is 9.18 Å². The SMILES string of the molecule is COc1cc([C@@H]2NC(=O)C[C@H]2NC(=O)OCc2ccccc2)ccc1F. The largest absolute Gasteiger partial charge is 0.494 e. The Labute approximate surface area is 150 Å². The van der Waals surface area contributed by atoms with Crippen molar-refractivity contribution in [1.29, 1.82) is 0 Å². The molecule has 0 unspecified atom stereocenters. The number of carbonyl (C=O) groups is 2. The molecular weight excluding hydrogens is 339 g/mol. The van der Waals surface area contributed by atoms with Crippen LogP contribution in [-0.2, 0) is 16.1 Å². The Balaban J connectivity index is 1.66. The van der Waals surface area contributed by atoms with Crippen molar-refractivity contribution in [3.05, 3.63) is 65.5 Å². The van der Waals surface area contributed by atoms with Crippen molar-refractivity contribution >= 4 is 12.0 Å². The molecule has 0 spiro atoms. The van der Waals surface area contributed by atoms with Crippen LogP contribution >= 0.6 is 0 Å². The van der Waals surface area contributed by atoms with Crippen molar-refractivity contribution < 1.29 is 23.5 Å². The van der Waals surface area contributed by atoms with Crippen molar-refractivity contribution in [1.82, 2.24) is 10.6 Å². The monoisotopic (exact) mass is 358 g/mol. The third-order valence-electron chi connectivity index (χ3n) is 4.17. The van der Waals surface area contributed by atoms with E-state index in [2.05, 4.69) is 10.6 Å². The highest BCUT2D eigenvalue weighted by atomic mass is 19.1. The van der Waals surface area contributed by atoms with Crippen LogP contribution in [0.25, 0.3) is 0 Å². The minimum atomic E-state index is -0.616. The molecule has 0 saturated carbocycles. The van der Waals surface area contributed by atoms with Crippen LogP contribution in [0.15, 0.2) is 48.5 Å². The molecule has 1 heterocycles.